The first-order valence-corrected chi connectivity index (χ1v) is 11.8. The minimum absolute atomic E-state index is 0.128. The lowest BCUT2D eigenvalue weighted by Gasteiger charge is -2.21. The zero-order valence-electron chi connectivity index (χ0n) is 19.9. The van der Waals surface area contributed by atoms with E-state index in [1.54, 1.807) is 6.07 Å². The second kappa shape index (κ2) is 11.4. The van der Waals surface area contributed by atoms with Crippen LogP contribution in [-0.2, 0) is 9.53 Å². The minimum Gasteiger partial charge on any atom is -0.456 e. The second-order valence-corrected chi connectivity index (χ2v) is 9.87. The molecular weight excluding hydrogens is 440 g/mol. The molecule has 1 heterocycles. The van der Waals surface area contributed by atoms with Gasteiger partial charge in [-0.3, -0.25) is 4.79 Å². The summed E-state index contributed by atoms with van der Waals surface area (Å²) in [5.74, 6) is 0.0886. The molecule has 1 aromatic heterocycles. The number of nitrogens with two attached hydrogens (primary N) is 3. The highest BCUT2D eigenvalue weighted by Crippen LogP contribution is 2.29. The average molecular weight is 475 g/mol. The van der Waals surface area contributed by atoms with Crippen LogP contribution in [0.3, 0.4) is 0 Å². The summed E-state index contributed by atoms with van der Waals surface area (Å²) in [4.78, 5) is 33.2. The topological polar surface area (TPSA) is 159 Å². The van der Waals surface area contributed by atoms with E-state index >= 15 is 0 Å². The highest BCUT2D eigenvalue weighted by Gasteiger charge is 2.21. The summed E-state index contributed by atoms with van der Waals surface area (Å²) >= 11 is 1.43. The Morgan fingerprint density at radius 1 is 1.15 bits per heavy atom. The van der Waals surface area contributed by atoms with Gasteiger partial charge in [0.2, 0.25) is 11.9 Å². The van der Waals surface area contributed by atoms with Crippen LogP contribution in [0.1, 0.15) is 48.7 Å². The van der Waals surface area contributed by atoms with E-state index in [-0.39, 0.29) is 17.8 Å². The number of thioether (sulfide) groups is 1. The van der Waals surface area contributed by atoms with Crippen molar-refractivity contribution in [1.29, 1.82) is 0 Å². The Balaban J connectivity index is 2.19. The van der Waals surface area contributed by atoms with Crippen LogP contribution >= 0.6 is 11.8 Å². The monoisotopic (exact) mass is 474 g/mol. The van der Waals surface area contributed by atoms with Gasteiger partial charge < -0.3 is 27.3 Å². The van der Waals surface area contributed by atoms with Crippen LogP contribution in [0.15, 0.2) is 23.2 Å². The third-order valence-corrected chi connectivity index (χ3v) is 5.56. The van der Waals surface area contributed by atoms with Gasteiger partial charge in [0.1, 0.15) is 10.6 Å². The number of rotatable bonds is 9. The van der Waals surface area contributed by atoms with Crippen LogP contribution in [0.4, 0.5) is 5.95 Å². The van der Waals surface area contributed by atoms with Crippen LogP contribution in [0.5, 0.6) is 0 Å². The van der Waals surface area contributed by atoms with E-state index < -0.39 is 11.6 Å². The van der Waals surface area contributed by atoms with E-state index in [4.69, 9.17) is 21.9 Å². The summed E-state index contributed by atoms with van der Waals surface area (Å²) in [5.41, 5.74) is 20.2. The molecule has 0 aliphatic carbocycles. The van der Waals surface area contributed by atoms with Crippen LogP contribution in [0.2, 0.25) is 0 Å². The molecule has 9 nitrogen and oxygen atoms in total. The molecule has 0 aliphatic heterocycles. The number of aryl methyl sites for hydroxylation is 2. The highest BCUT2D eigenvalue weighted by molar-refractivity contribution is 7.99. The lowest BCUT2D eigenvalue weighted by Crippen LogP contribution is -2.42. The van der Waals surface area contributed by atoms with Crippen LogP contribution in [0, 0.1) is 13.8 Å². The molecule has 1 amide bonds. The number of nitrogen functional groups attached to an aromatic ring is 1. The van der Waals surface area contributed by atoms with Crippen molar-refractivity contribution in [1.82, 2.24) is 15.3 Å². The lowest BCUT2D eigenvalue weighted by atomic mass is 9.97. The summed E-state index contributed by atoms with van der Waals surface area (Å²) in [5, 5.41) is 3.45. The molecule has 0 spiro atoms. The predicted octanol–water partition coefficient (Wildman–Crippen LogP) is 2.18. The molecule has 2 rings (SSSR count). The SMILES string of the molecule is Cc1cc(C)c(-c2cc(SCCNC(=O)C(N)CCN)nc(N)n2)cc1C(=O)OC(C)(C)C. The van der Waals surface area contributed by atoms with Crippen LogP contribution < -0.4 is 22.5 Å². The summed E-state index contributed by atoms with van der Waals surface area (Å²) in [6.45, 7) is 10.1. The maximum atomic E-state index is 12.7. The fraction of sp³-hybridized carbons (Fsp3) is 0.478. The number of amides is 1. The standard InChI is InChI=1S/C23H34N6O3S/c1-13-10-14(2)16(21(31)32-23(3,4)5)11-15(13)18-12-19(29-22(26)28-18)33-9-8-27-20(30)17(25)6-7-24/h10-12,17H,6-9,24-25H2,1-5H3,(H,27,30)(H2,26,28,29). The maximum absolute atomic E-state index is 12.7. The number of hydrogen-bond acceptors (Lipinski definition) is 9. The van der Waals surface area contributed by atoms with E-state index in [1.807, 2.05) is 46.8 Å². The molecule has 1 aromatic carbocycles. The Bertz CT molecular complexity index is 1010. The first-order valence-electron chi connectivity index (χ1n) is 10.8. The zero-order chi connectivity index (χ0) is 24.8. The summed E-state index contributed by atoms with van der Waals surface area (Å²) in [7, 11) is 0. The molecule has 0 saturated heterocycles. The Morgan fingerprint density at radius 2 is 1.85 bits per heavy atom. The molecule has 0 saturated carbocycles. The molecule has 0 fully saturated rings. The van der Waals surface area contributed by atoms with E-state index in [0.29, 0.717) is 41.5 Å². The van der Waals surface area contributed by atoms with Crippen molar-refractivity contribution < 1.29 is 14.3 Å². The Kier molecular flexibility index (Phi) is 9.21. The number of nitrogens with one attached hydrogen (secondary N) is 1. The van der Waals surface area contributed by atoms with Gasteiger partial charge in [0, 0.05) is 17.9 Å². The van der Waals surface area contributed by atoms with Crippen molar-refractivity contribution in [3.63, 3.8) is 0 Å². The van der Waals surface area contributed by atoms with Gasteiger partial charge in [-0.1, -0.05) is 6.07 Å². The van der Waals surface area contributed by atoms with Crippen molar-refractivity contribution in [2.75, 3.05) is 24.6 Å². The van der Waals surface area contributed by atoms with Crippen molar-refractivity contribution in [3.8, 4) is 11.3 Å². The number of anilines is 1. The highest BCUT2D eigenvalue weighted by atomic mass is 32.2. The number of aromatic nitrogens is 2. The molecule has 180 valence electrons. The van der Waals surface area contributed by atoms with Gasteiger partial charge in [-0.25, -0.2) is 14.8 Å². The van der Waals surface area contributed by atoms with Gasteiger partial charge in [-0.2, -0.15) is 0 Å². The Morgan fingerprint density at radius 3 is 2.48 bits per heavy atom. The molecule has 2 aromatic rings. The molecular formula is C23H34N6O3S. The van der Waals surface area contributed by atoms with E-state index in [2.05, 4.69) is 15.3 Å². The van der Waals surface area contributed by atoms with Gasteiger partial charge in [0.15, 0.2) is 0 Å². The van der Waals surface area contributed by atoms with Gasteiger partial charge in [0.25, 0.3) is 0 Å². The number of nitrogens with zero attached hydrogens (tertiary/aromatic N) is 2. The fourth-order valence-corrected chi connectivity index (χ4v) is 3.87. The van der Waals surface area contributed by atoms with Crippen LogP contribution in [0.25, 0.3) is 11.3 Å². The molecule has 7 N–H and O–H groups in total. The van der Waals surface area contributed by atoms with Gasteiger partial charge >= 0.3 is 5.97 Å². The quantitative estimate of drug-likeness (QED) is 0.185. The summed E-state index contributed by atoms with van der Waals surface area (Å²) in [6.07, 6.45) is 0.436. The zero-order valence-corrected chi connectivity index (χ0v) is 20.7. The van der Waals surface area contributed by atoms with Gasteiger partial charge in [-0.05, 0) is 70.8 Å². The lowest BCUT2D eigenvalue weighted by molar-refractivity contribution is -0.122. The molecule has 0 bridgehead atoms. The first kappa shape index (κ1) is 26.6. The second-order valence-electron chi connectivity index (χ2n) is 8.76. The fourth-order valence-electron chi connectivity index (χ4n) is 3.11. The van der Waals surface area contributed by atoms with E-state index in [0.717, 1.165) is 16.7 Å². The third kappa shape index (κ3) is 7.99. The number of carbonyl (C=O) groups is 2. The molecule has 33 heavy (non-hydrogen) atoms. The molecule has 1 atom stereocenters. The Hall–Kier alpha value is -2.69. The number of carbonyl (C=O) groups excluding carboxylic acids is 2. The number of hydrogen-bond donors (Lipinski definition) is 4. The first-order chi connectivity index (χ1) is 15.4. The smallest absolute Gasteiger partial charge is 0.338 e. The van der Waals surface area contributed by atoms with E-state index in [1.165, 1.54) is 11.8 Å². The molecule has 10 heteroatoms. The summed E-state index contributed by atoms with van der Waals surface area (Å²) in [6, 6.07) is 4.93. The molecule has 0 aliphatic rings. The van der Waals surface area contributed by atoms with Crippen LogP contribution in [-0.4, -0.2) is 52.3 Å². The van der Waals surface area contributed by atoms with Crippen molar-refractivity contribution >= 4 is 29.6 Å². The van der Waals surface area contributed by atoms with Gasteiger partial charge in [0.05, 0.1) is 17.3 Å². The van der Waals surface area contributed by atoms with Crippen molar-refractivity contribution in [3.05, 3.63) is 34.9 Å². The molecule has 0 radical (unpaired) electrons. The predicted molar refractivity (Wildman–Crippen MR) is 132 cm³/mol. The normalized spacial score (nSPS) is 12.3. The number of benzene rings is 1. The minimum atomic E-state index is -0.607. The van der Waals surface area contributed by atoms with Gasteiger partial charge in [-0.15, -0.1) is 11.8 Å². The third-order valence-electron chi connectivity index (χ3n) is 4.65. The van der Waals surface area contributed by atoms with Crippen molar-refractivity contribution in [2.45, 2.75) is 57.7 Å². The maximum Gasteiger partial charge on any atom is 0.338 e. The number of esters is 1. The molecule has 1 unspecified atom stereocenters. The summed E-state index contributed by atoms with van der Waals surface area (Å²) < 4.78 is 5.55. The number of ether oxygens (including phenoxy) is 1. The van der Waals surface area contributed by atoms with E-state index in [9.17, 15) is 9.59 Å². The largest absolute Gasteiger partial charge is 0.456 e. The average Bonchev–Trinajstić information content (AvgIpc) is 2.69. The Labute approximate surface area is 199 Å². The van der Waals surface area contributed by atoms with Crippen molar-refractivity contribution in [2.24, 2.45) is 11.5 Å².